The third kappa shape index (κ3) is 3.06. The van der Waals surface area contributed by atoms with Crippen LogP contribution in [0.4, 0.5) is 4.39 Å². The fourth-order valence-electron chi connectivity index (χ4n) is 1.53. The van der Waals surface area contributed by atoms with Crippen LogP contribution in [0.2, 0.25) is 0 Å². The van der Waals surface area contributed by atoms with Crippen LogP contribution >= 0.6 is 0 Å². The summed E-state index contributed by atoms with van der Waals surface area (Å²) < 4.78 is 18.9. The first-order valence-electron chi connectivity index (χ1n) is 5.69. The van der Waals surface area contributed by atoms with Crippen LogP contribution in [-0.2, 0) is 0 Å². The number of nitriles is 1. The van der Waals surface area contributed by atoms with Gasteiger partial charge in [-0.05, 0) is 30.7 Å². The van der Waals surface area contributed by atoms with Crippen molar-refractivity contribution in [3.63, 3.8) is 0 Å². The molecule has 2 N–H and O–H groups in total. The number of pyridine rings is 1. The van der Waals surface area contributed by atoms with Gasteiger partial charge in [-0.1, -0.05) is 0 Å². The molecular formula is C14H12FN3O. The second-order valence-electron chi connectivity index (χ2n) is 4.07. The monoisotopic (exact) mass is 257 g/mol. The highest BCUT2D eigenvalue weighted by Gasteiger charge is 2.06. The van der Waals surface area contributed by atoms with Crippen molar-refractivity contribution in [1.29, 1.82) is 5.26 Å². The number of nitrogens with two attached hydrogens (primary N) is 1. The van der Waals surface area contributed by atoms with E-state index in [1.54, 1.807) is 24.4 Å². The first-order valence-corrected chi connectivity index (χ1v) is 5.69. The number of halogens is 1. The molecule has 0 aliphatic heterocycles. The zero-order valence-corrected chi connectivity index (χ0v) is 10.3. The summed E-state index contributed by atoms with van der Waals surface area (Å²) in [6, 6.07) is 9.12. The van der Waals surface area contributed by atoms with Gasteiger partial charge in [0.1, 0.15) is 17.6 Å². The van der Waals surface area contributed by atoms with Crippen LogP contribution in [0.5, 0.6) is 11.6 Å². The maximum absolute atomic E-state index is 13.4. The number of rotatable bonds is 3. The van der Waals surface area contributed by atoms with E-state index in [0.29, 0.717) is 5.88 Å². The number of nitrogens with zero attached hydrogens (tertiary/aromatic N) is 2. The molecule has 0 spiro atoms. The van der Waals surface area contributed by atoms with Crippen molar-refractivity contribution < 1.29 is 9.13 Å². The van der Waals surface area contributed by atoms with E-state index >= 15 is 0 Å². The van der Waals surface area contributed by atoms with Gasteiger partial charge < -0.3 is 10.5 Å². The average molecular weight is 257 g/mol. The van der Waals surface area contributed by atoms with E-state index in [1.807, 2.05) is 6.92 Å². The highest BCUT2D eigenvalue weighted by atomic mass is 19.1. The van der Waals surface area contributed by atoms with E-state index in [4.69, 9.17) is 15.7 Å². The smallest absolute Gasteiger partial charge is 0.219 e. The van der Waals surface area contributed by atoms with Gasteiger partial charge in [-0.15, -0.1) is 0 Å². The van der Waals surface area contributed by atoms with Gasteiger partial charge in [0.15, 0.2) is 0 Å². The van der Waals surface area contributed by atoms with E-state index < -0.39 is 5.82 Å². The van der Waals surface area contributed by atoms with Crippen molar-refractivity contribution in [2.24, 2.45) is 5.73 Å². The van der Waals surface area contributed by atoms with Gasteiger partial charge in [0.25, 0.3) is 0 Å². The van der Waals surface area contributed by atoms with Gasteiger partial charge in [0.05, 0.1) is 5.56 Å². The Morgan fingerprint density at radius 1 is 1.37 bits per heavy atom. The van der Waals surface area contributed by atoms with Gasteiger partial charge in [-0.2, -0.15) is 5.26 Å². The largest absolute Gasteiger partial charge is 0.439 e. The predicted molar refractivity (Wildman–Crippen MR) is 68.0 cm³/mol. The lowest BCUT2D eigenvalue weighted by Crippen LogP contribution is -2.05. The fourth-order valence-corrected chi connectivity index (χ4v) is 1.53. The summed E-state index contributed by atoms with van der Waals surface area (Å²) in [5.41, 5.74) is 6.61. The molecule has 0 aliphatic carbocycles. The molecule has 0 bridgehead atoms. The van der Waals surface area contributed by atoms with Crippen molar-refractivity contribution >= 4 is 0 Å². The molecule has 0 saturated carbocycles. The lowest BCUT2D eigenvalue weighted by atomic mass is 10.1. The molecule has 5 heteroatoms. The molecule has 0 saturated heterocycles. The van der Waals surface area contributed by atoms with Crippen LogP contribution in [0, 0.1) is 17.1 Å². The second-order valence-corrected chi connectivity index (χ2v) is 4.07. The first-order chi connectivity index (χ1) is 9.10. The summed E-state index contributed by atoms with van der Waals surface area (Å²) in [7, 11) is 0. The Morgan fingerprint density at radius 2 is 2.16 bits per heavy atom. The van der Waals surface area contributed by atoms with E-state index in [1.165, 1.54) is 12.1 Å². The van der Waals surface area contributed by atoms with Crippen LogP contribution in [-0.4, -0.2) is 4.98 Å². The number of hydrogen-bond acceptors (Lipinski definition) is 4. The van der Waals surface area contributed by atoms with E-state index in [-0.39, 0.29) is 17.4 Å². The Morgan fingerprint density at radius 3 is 2.79 bits per heavy atom. The molecule has 0 fully saturated rings. The van der Waals surface area contributed by atoms with Crippen LogP contribution in [0.15, 0.2) is 36.5 Å². The van der Waals surface area contributed by atoms with Crippen LogP contribution in [0.25, 0.3) is 0 Å². The summed E-state index contributed by atoms with van der Waals surface area (Å²) in [6.07, 6.45) is 1.58. The minimum Gasteiger partial charge on any atom is -0.439 e. The standard InChI is InChI=1S/C14H12FN3O/c1-9(17)10-4-5-18-14(6-10)19-12-3-2-11(8-16)13(15)7-12/h2-7,9H,17H2,1H3/t9-/m0/s1. The molecule has 19 heavy (non-hydrogen) atoms. The highest BCUT2D eigenvalue weighted by Crippen LogP contribution is 2.23. The average Bonchev–Trinajstić information content (AvgIpc) is 2.39. The van der Waals surface area contributed by atoms with E-state index in [2.05, 4.69) is 4.98 Å². The minimum atomic E-state index is -0.622. The molecule has 1 aromatic carbocycles. The molecule has 1 atom stereocenters. The number of ether oxygens (including phenoxy) is 1. The Kier molecular flexibility index (Phi) is 3.74. The summed E-state index contributed by atoms with van der Waals surface area (Å²) in [6.45, 7) is 1.85. The molecule has 1 aromatic heterocycles. The molecule has 0 aliphatic rings. The SMILES string of the molecule is C[C@H](N)c1ccnc(Oc2ccc(C#N)c(F)c2)c1. The molecule has 0 unspecified atom stereocenters. The van der Waals surface area contributed by atoms with Gasteiger partial charge in [-0.25, -0.2) is 9.37 Å². The van der Waals surface area contributed by atoms with E-state index in [9.17, 15) is 4.39 Å². The summed E-state index contributed by atoms with van der Waals surface area (Å²) >= 11 is 0. The normalized spacial score (nSPS) is 11.7. The van der Waals surface area contributed by atoms with E-state index in [0.717, 1.165) is 11.6 Å². The van der Waals surface area contributed by atoms with Crippen LogP contribution in [0.3, 0.4) is 0 Å². The van der Waals surface area contributed by atoms with Gasteiger partial charge in [0, 0.05) is 24.4 Å². The topological polar surface area (TPSA) is 71.9 Å². The minimum absolute atomic E-state index is 0.0235. The van der Waals surface area contributed by atoms with Crippen molar-refractivity contribution in [2.45, 2.75) is 13.0 Å². The number of hydrogen-bond donors (Lipinski definition) is 1. The lowest BCUT2D eigenvalue weighted by molar-refractivity contribution is 0.456. The molecule has 96 valence electrons. The molecule has 4 nitrogen and oxygen atoms in total. The molecule has 2 rings (SSSR count). The number of benzene rings is 1. The fraction of sp³-hybridized carbons (Fsp3) is 0.143. The highest BCUT2D eigenvalue weighted by molar-refractivity contribution is 5.38. The Hall–Kier alpha value is -2.45. The summed E-state index contributed by atoms with van der Waals surface area (Å²) in [4.78, 5) is 4.02. The summed E-state index contributed by atoms with van der Waals surface area (Å²) in [5.74, 6) is -0.00641. The summed E-state index contributed by atoms with van der Waals surface area (Å²) in [5, 5.41) is 8.64. The molecule has 1 heterocycles. The van der Waals surface area contributed by atoms with Crippen molar-refractivity contribution in [3.05, 3.63) is 53.5 Å². The van der Waals surface area contributed by atoms with Crippen molar-refractivity contribution in [2.75, 3.05) is 0 Å². The van der Waals surface area contributed by atoms with Gasteiger partial charge >= 0.3 is 0 Å². The first kappa shape index (κ1) is 13.0. The second kappa shape index (κ2) is 5.46. The molecule has 0 amide bonds. The number of aromatic nitrogens is 1. The molecule has 0 radical (unpaired) electrons. The van der Waals surface area contributed by atoms with Crippen molar-refractivity contribution in [3.8, 4) is 17.7 Å². The Balaban J connectivity index is 2.24. The zero-order valence-electron chi connectivity index (χ0n) is 10.3. The molecular weight excluding hydrogens is 245 g/mol. The Labute approximate surface area is 110 Å². The quantitative estimate of drug-likeness (QED) is 0.917. The van der Waals surface area contributed by atoms with Gasteiger partial charge in [0.2, 0.25) is 5.88 Å². The van der Waals surface area contributed by atoms with Crippen LogP contribution < -0.4 is 10.5 Å². The van der Waals surface area contributed by atoms with Crippen molar-refractivity contribution in [1.82, 2.24) is 4.98 Å². The van der Waals surface area contributed by atoms with Gasteiger partial charge in [-0.3, -0.25) is 0 Å². The molecule has 2 aromatic rings. The third-order valence-electron chi connectivity index (χ3n) is 2.57. The maximum atomic E-state index is 13.4. The predicted octanol–water partition coefficient (Wildman–Crippen LogP) is 2.90. The lowest BCUT2D eigenvalue weighted by Gasteiger charge is -2.08. The zero-order chi connectivity index (χ0) is 13.8. The third-order valence-corrected chi connectivity index (χ3v) is 2.57. The Bertz CT molecular complexity index is 635. The van der Waals surface area contributed by atoms with Crippen LogP contribution in [0.1, 0.15) is 24.1 Å². The maximum Gasteiger partial charge on any atom is 0.219 e.